The van der Waals surface area contributed by atoms with Gasteiger partial charge in [0.25, 0.3) is 0 Å². The minimum Gasteiger partial charge on any atom is -0.194 e. The molecule has 50 heavy (non-hydrogen) atoms. The van der Waals surface area contributed by atoms with E-state index in [9.17, 15) is 83.4 Å². The molecule has 1 aromatic carbocycles. The lowest BCUT2D eigenvalue weighted by Crippen LogP contribution is -2.75. The van der Waals surface area contributed by atoms with Gasteiger partial charge in [0, 0.05) is 5.56 Å². The van der Waals surface area contributed by atoms with Crippen LogP contribution in [0.4, 0.5) is 83.4 Å². The van der Waals surface area contributed by atoms with Crippen molar-refractivity contribution in [1.29, 1.82) is 0 Å². The summed E-state index contributed by atoms with van der Waals surface area (Å²) in [6.45, 7) is 2.11. The molecule has 0 bridgehead atoms. The minimum atomic E-state index is -8.92. The molecule has 0 saturated heterocycles. The molecule has 0 unspecified atom stereocenters. The highest BCUT2D eigenvalue weighted by atomic mass is 19.4. The van der Waals surface area contributed by atoms with E-state index in [1.807, 2.05) is 0 Å². The van der Waals surface area contributed by atoms with Crippen LogP contribution in [-0.2, 0) is 5.92 Å². The first-order valence-corrected chi connectivity index (χ1v) is 15.7. The number of unbranched alkanes of at least 4 members (excludes halogenated alkanes) is 1. The average Bonchev–Trinajstić information content (AvgIpc) is 3.03. The van der Waals surface area contributed by atoms with Gasteiger partial charge in [0.05, 0.1) is 0 Å². The summed E-state index contributed by atoms with van der Waals surface area (Å²) in [6, 6.07) is 1.52. The van der Waals surface area contributed by atoms with Crippen LogP contribution in [0.25, 0.3) is 0 Å². The van der Waals surface area contributed by atoms with Crippen LogP contribution in [0.5, 0.6) is 0 Å². The van der Waals surface area contributed by atoms with E-state index in [2.05, 4.69) is 6.92 Å². The second-order valence-electron chi connectivity index (χ2n) is 13.2. The highest BCUT2D eigenvalue weighted by Gasteiger charge is 2.96. The third-order valence-electron chi connectivity index (χ3n) is 10.2. The number of halogens is 19. The molecular formula is C31H33F19. The summed E-state index contributed by atoms with van der Waals surface area (Å²) in [7, 11) is 0. The molecule has 2 fully saturated rings. The molecule has 0 amide bonds. The maximum absolute atomic E-state index is 14.7. The Morgan fingerprint density at radius 2 is 0.820 bits per heavy atom. The highest BCUT2D eigenvalue weighted by Crippen LogP contribution is 2.66. The van der Waals surface area contributed by atoms with Crippen molar-refractivity contribution in [3.63, 3.8) is 0 Å². The minimum absolute atomic E-state index is 0.0336. The second kappa shape index (κ2) is 13.7. The number of benzene rings is 1. The molecule has 19 heteroatoms. The molecule has 0 heterocycles. The summed E-state index contributed by atoms with van der Waals surface area (Å²) in [5.41, 5.74) is -2.04. The molecule has 0 aliphatic heterocycles. The molecule has 0 N–H and O–H groups in total. The van der Waals surface area contributed by atoms with Crippen molar-refractivity contribution in [1.82, 2.24) is 0 Å². The van der Waals surface area contributed by atoms with E-state index in [-0.39, 0.29) is 23.6 Å². The van der Waals surface area contributed by atoms with E-state index in [4.69, 9.17) is 0 Å². The van der Waals surface area contributed by atoms with Gasteiger partial charge in [-0.1, -0.05) is 63.3 Å². The number of alkyl halides is 19. The monoisotopic (exact) mass is 766 g/mol. The van der Waals surface area contributed by atoms with Gasteiger partial charge in [0.1, 0.15) is 0 Å². The van der Waals surface area contributed by atoms with Crippen molar-refractivity contribution in [2.24, 2.45) is 17.8 Å². The smallest absolute Gasteiger partial charge is 0.194 e. The van der Waals surface area contributed by atoms with Crippen molar-refractivity contribution in [3.05, 3.63) is 35.4 Å². The van der Waals surface area contributed by atoms with Gasteiger partial charge in [-0.15, -0.1) is 0 Å². The molecule has 2 saturated carbocycles. The van der Waals surface area contributed by atoms with E-state index >= 15 is 0 Å². The standard InChI is InChI=1S/C31H33F19/c1-2-3-4-17-5-7-18(8-6-17)19-9-11-20(12-10-19)21-13-15-22(16-14-21)23(32,33)24(34,35)25(36,37)26(38,39)27(40,41)28(42,43)29(44,45)30(46,47)31(48,49)50/h13-20H,2-12H2,1H3/t17-,18-,19?,20?. The first-order chi connectivity index (χ1) is 22.5. The Bertz CT molecular complexity index is 1270. The summed E-state index contributed by atoms with van der Waals surface area (Å²) in [5, 5.41) is 0. The lowest BCUT2D eigenvalue weighted by atomic mass is 9.68. The third kappa shape index (κ3) is 6.65. The maximum Gasteiger partial charge on any atom is 0.460 e. The predicted molar refractivity (Wildman–Crippen MR) is 141 cm³/mol. The number of rotatable bonds is 13. The molecule has 2 aliphatic rings. The van der Waals surface area contributed by atoms with Crippen molar-refractivity contribution in [2.45, 2.75) is 137 Å². The second-order valence-corrected chi connectivity index (χ2v) is 13.2. The van der Waals surface area contributed by atoms with E-state index < -0.39 is 59.1 Å². The van der Waals surface area contributed by atoms with E-state index in [1.165, 1.54) is 0 Å². The first kappa shape index (κ1) is 42.3. The number of hydrogen-bond donors (Lipinski definition) is 0. The van der Waals surface area contributed by atoms with Crippen LogP contribution in [0.2, 0.25) is 0 Å². The third-order valence-corrected chi connectivity index (χ3v) is 10.2. The maximum atomic E-state index is 14.7. The summed E-state index contributed by atoms with van der Waals surface area (Å²) in [6.07, 6.45) is 2.18. The van der Waals surface area contributed by atoms with E-state index in [1.54, 1.807) is 0 Å². The molecule has 0 aromatic heterocycles. The van der Waals surface area contributed by atoms with E-state index in [0.717, 1.165) is 57.1 Å². The normalized spacial score (nSPS) is 24.4. The molecule has 1 aromatic rings. The lowest BCUT2D eigenvalue weighted by Gasteiger charge is -2.43. The molecule has 3 rings (SSSR count). The molecule has 0 nitrogen and oxygen atoms in total. The summed E-state index contributed by atoms with van der Waals surface area (Å²) >= 11 is 0. The fraction of sp³-hybridized carbons (Fsp3) is 0.806. The quantitative estimate of drug-likeness (QED) is 0.175. The van der Waals surface area contributed by atoms with Gasteiger partial charge in [-0.2, -0.15) is 83.4 Å². The topological polar surface area (TPSA) is 0 Å². The molecule has 0 radical (unpaired) electrons. The lowest BCUT2D eigenvalue weighted by molar-refractivity contribution is -0.469. The summed E-state index contributed by atoms with van der Waals surface area (Å²) in [5.74, 6) is -65.5. The zero-order chi connectivity index (χ0) is 38.6. The SMILES string of the molecule is CCCC[C@H]1CC[C@H](C2CCC(c3ccc(C(F)(F)C(F)(F)C(F)(F)C(F)(F)C(F)(F)C(F)(F)C(F)(F)C(F)(F)C(F)(F)F)cc3)CC2)CC1. The molecule has 2 aliphatic carbocycles. The van der Waals surface area contributed by atoms with Crippen LogP contribution in [0.15, 0.2) is 24.3 Å². The van der Waals surface area contributed by atoms with Gasteiger partial charge in [-0.3, -0.25) is 0 Å². The Morgan fingerprint density at radius 1 is 0.460 bits per heavy atom. The van der Waals surface area contributed by atoms with Gasteiger partial charge in [0.15, 0.2) is 0 Å². The first-order valence-electron chi connectivity index (χ1n) is 15.7. The van der Waals surface area contributed by atoms with Crippen LogP contribution in [0, 0.1) is 17.8 Å². The Balaban J connectivity index is 1.80. The van der Waals surface area contributed by atoms with Crippen LogP contribution in [0.3, 0.4) is 0 Å². The Labute approximate surface area is 274 Å². The van der Waals surface area contributed by atoms with Gasteiger partial charge in [0.2, 0.25) is 0 Å². The van der Waals surface area contributed by atoms with Gasteiger partial charge in [-0.05, 0) is 67.8 Å². The predicted octanol–water partition coefficient (Wildman–Crippen LogP) is 13.1. The van der Waals surface area contributed by atoms with E-state index in [0.29, 0.717) is 43.4 Å². The molecule has 0 spiro atoms. The van der Waals surface area contributed by atoms with Crippen LogP contribution >= 0.6 is 0 Å². The Kier molecular flexibility index (Phi) is 11.6. The van der Waals surface area contributed by atoms with Crippen molar-refractivity contribution < 1.29 is 83.4 Å². The Morgan fingerprint density at radius 3 is 1.20 bits per heavy atom. The highest BCUT2D eigenvalue weighted by molar-refractivity contribution is 5.31. The molecular weight excluding hydrogens is 733 g/mol. The van der Waals surface area contributed by atoms with Crippen LogP contribution in [0.1, 0.15) is 94.6 Å². The Hall–Kier alpha value is -2.11. The summed E-state index contributed by atoms with van der Waals surface area (Å²) < 4.78 is 260. The van der Waals surface area contributed by atoms with Gasteiger partial charge in [-0.25, -0.2) is 0 Å². The largest absolute Gasteiger partial charge is 0.460 e. The van der Waals surface area contributed by atoms with Crippen molar-refractivity contribution in [2.75, 3.05) is 0 Å². The molecule has 0 atom stereocenters. The zero-order valence-electron chi connectivity index (χ0n) is 26.1. The van der Waals surface area contributed by atoms with Gasteiger partial charge < -0.3 is 0 Å². The fourth-order valence-electron chi connectivity index (χ4n) is 6.87. The van der Waals surface area contributed by atoms with Crippen molar-refractivity contribution in [3.8, 4) is 0 Å². The van der Waals surface area contributed by atoms with Crippen molar-refractivity contribution >= 4 is 0 Å². The fourth-order valence-corrected chi connectivity index (χ4v) is 6.87. The summed E-state index contributed by atoms with van der Waals surface area (Å²) in [4.78, 5) is 0. The van der Waals surface area contributed by atoms with Gasteiger partial charge >= 0.3 is 53.6 Å². The molecule has 290 valence electrons. The average molecular weight is 767 g/mol. The zero-order valence-corrected chi connectivity index (χ0v) is 26.1. The van der Waals surface area contributed by atoms with Crippen LogP contribution in [-0.4, -0.2) is 47.6 Å². The number of hydrogen-bond acceptors (Lipinski definition) is 0. The van der Waals surface area contributed by atoms with Crippen LogP contribution < -0.4 is 0 Å².